The topological polar surface area (TPSA) is 29.5 Å². The molecule has 0 aliphatic carbocycles. The second-order valence-electron chi connectivity index (χ2n) is 4.76. The molecule has 0 heterocycles. The van der Waals surface area contributed by atoms with Crippen molar-refractivity contribution < 1.29 is 9.84 Å². The first kappa shape index (κ1) is 15.5. The van der Waals surface area contributed by atoms with Crippen molar-refractivity contribution in [2.75, 3.05) is 7.11 Å². The maximum atomic E-state index is 10.4. The van der Waals surface area contributed by atoms with E-state index in [1.165, 1.54) is 6.42 Å². The van der Waals surface area contributed by atoms with E-state index in [-0.39, 0.29) is 0 Å². The highest BCUT2D eigenvalue weighted by molar-refractivity contribution is 9.10. The molecule has 1 aromatic carbocycles. The van der Waals surface area contributed by atoms with Crippen LogP contribution < -0.4 is 4.74 Å². The minimum Gasteiger partial charge on any atom is -0.496 e. The number of aliphatic hydroxyl groups excluding tert-OH is 1. The van der Waals surface area contributed by atoms with Crippen molar-refractivity contribution in [3.63, 3.8) is 0 Å². The third kappa shape index (κ3) is 3.48. The molecule has 0 radical (unpaired) electrons. The van der Waals surface area contributed by atoms with Gasteiger partial charge in [0.25, 0.3) is 0 Å². The van der Waals surface area contributed by atoms with E-state index in [4.69, 9.17) is 4.74 Å². The minimum atomic E-state index is -0.442. The summed E-state index contributed by atoms with van der Waals surface area (Å²) in [6.07, 6.45) is 3.72. The summed E-state index contributed by atoms with van der Waals surface area (Å²) in [6.45, 7) is 6.19. The number of halogens is 1. The summed E-state index contributed by atoms with van der Waals surface area (Å²) in [5.74, 6) is 0.819. The van der Waals surface area contributed by atoms with Gasteiger partial charge < -0.3 is 9.84 Å². The van der Waals surface area contributed by atoms with E-state index in [1.807, 2.05) is 19.9 Å². The second kappa shape index (κ2) is 7.15. The van der Waals surface area contributed by atoms with Crippen LogP contribution in [0.3, 0.4) is 0 Å². The first-order valence-corrected chi connectivity index (χ1v) is 7.33. The van der Waals surface area contributed by atoms with Gasteiger partial charge in [-0.15, -0.1) is 0 Å². The highest BCUT2D eigenvalue weighted by atomic mass is 79.9. The van der Waals surface area contributed by atoms with Gasteiger partial charge in [0.15, 0.2) is 0 Å². The fraction of sp³-hybridized carbons (Fsp3) is 0.600. The Balaban J connectivity index is 3.05. The Morgan fingerprint density at radius 2 is 2.00 bits per heavy atom. The molecule has 0 aliphatic rings. The number of methoxy groups -OCH3 is 1. The Morgan fingerprint density at radius 3 is 2.56 bits per heavy atom. The Labute approximate surface area is 118 Å². The molecule has 0 spiro atoms. The monoisotopic (exact) mass is 314 g/mol. The molecule has 0 saturated heterocycles. The van der Waals surface area contributed by atoms with Crippen molar-refractivity contribution in [1.29, 1.82) is 0 Å². The lowest BCUT2D eigenvalue weighted by Crippen LogP contribution is -2.05. The Kier molecular flexibility index (Phi) is 6.16. The van der Waals surface area contributed by atoms with E-state index in [0.29, 0.717) is 0 Å². The molecule has 0 bridgehead atoms. The molecular formula is C15H23BrO2. The van der Waals surface area contributed by atoms with Gasteiger partial charge in [-0.2, -0.15) is 0 Å². The lowest BCUT2D eigenvalue weighted by atomic mass is 9.95. The molecule has 0 aliphatic heterocycles. The van der Waals surface area contributed by atoms with Crippen LogP contribution in [0.25, 0.3) is 0 Å². The Bertz CT molecular complexity index is 402. The van der Waals surface area contributed by atoms with E-state index in [1.54, 1.807) is 7.11 Å². The zero-order chi connectivity index (χ0) is 13.7. The van der Waals surface area contributed by atoms with Crippen LogP contribution in [0.1, 0.15) is 55.4 Å². The predicted octanol–water partition coefficient (Wildman–Crippen LogP) is 4.69. The van der Waals surface area contributed by atoms with Gasteiger partial charge in [-0.05, 0) is 37.5 Å². The number of hydrogen-bond acceptors (Lipinski definition) is 2. The van der Waals surface area contributed by atoms with Crippen LogP contribution in [0.15, 0.2) is 10.5 Å². The molecule has 18 heavy (non-hydrogen) atoms. The molecule has 0 amide bonds. The summed E-state index contributed by atoms with van der Waals surface area (Å²) in [4.78, 5) is 0. The number of rotatable bonds is 6. The quantitative estimate of drug-likeness (QED) is 0.772. The maximum Gasteiger partial charge on any atom is 0.127 e. The van der Waals surface area contributed by atoms with Gasteiger partial charge in [0.2, 0.25) is 0 Å². The average molecular weight is 315 g/mol. The largest absolute Gasteiger partial charge is 0.496 e. The van der Waals surface area contributed by atoms with Gasteiger partial charge in [0.05, 0.1) is 13.2 Å². The molecule has 1 rings (SSSR count). The summed E-state index contributed by atoms with van der Waals surface area (Å²) < 4.78 is 6.49. The van der Waals surface area contributed by atoms with Crippen molar-refractivity contribution in [3.8, 4) is 5.75 Å². The van der Waals surface area contributed by atoms with E-state index in [0.717, 1.165) is 46.2 Å². The molecule has 3 heteroatoms. The molecule has 102 valence electrons. The fourth-order valence-electron chi connectivity index (χ4n) is 2.28. The van der Waals surface area contributed by atoms with Crippen LogP contribution >= 0.6 is 15.9 Å². The number of aryl methyl sites for hydroxylation is 1. The van der Waals surface area contributed by atoms with Crippen LogP contribution in [0, 0.1) is 13.8 Å². The van der Waals surface area contributed by atoms with Crippen molar-refractivity contribution in [2.45, 2.75) is 52.6 Å². The third-order valence-electron chi connectivity index (χ3n) is 3.33. The SMILES string of the molecule is CCCCCC(O)c1c(C)c(Br)cc(C)c1OC. The maximum absolute atomic E-state index is 10.4. The smallest absolute Gasteiger partial charge is 0.127 e. The van der Waals surface area contributed by atoms with Crippen LogP contribution in [0.5, 0.6) is 5.75 Å². The third-order valence-corrected chi connectivity index (χ3v) is 4.15. The highest BCUT2D eigenvalue weighted by Gasteiger charge is 2.19. The van der Waals surface area contributed by atoms with Crippen LogP contribution in [0.4, 0.5) is 0 Å². The first-order chi connectivity index (χ1) is 8.52. The lowest BCUT2D eigenvalue weighted by Gasteiger charge is -2.20. The predicted molar refractivity (Wildman–Crippen MR) is 79.3 cm³/mol. The van der Waals surface area contributed by atoms with Crippen molar-refractivity contribution >= 4 is 15.9 Å². The van der Waals surface area contributed by atoms with Gasteiger partial charge >= 0.3 is 0 Å². The summed E-state index contributed by atoms with van der Waals surface area (Å²) in [5.41, 5.74) is 3.06. The summed E-state index contributed by atoms with van der Waals surface area (Å²) in [6, 6.07) is 2.04. The van der Waals surface area contributed by atoms with Gasteiger partial charge in [0.1, 0.15) is 5.75 Å². The molecule has 1 unspecified atom stereocenters. The highest BCUT2D eigenvalue weighted by Crippen LogP contribution is 2.37. The van der Waals surface area contributed by atoms with Crippen molar-refractivity contribution in [1.82, 2.24) is 0 Å². The normalized spacial score (nSPS) is 12.6. The standard InChI is InChI=1S/C15H23BrO2/c1-5-6-7-8-13(17)14-11(3)12(16)9-10(2)15(14)18-4/h9,13,17H,5-8H2,1-4H3. The molecule has 0 saturated carbocycles. The summed E-state index contributed by atoms with van der Waals surface area (Å²) >= 11 is 3.54. The van der Waals surface area contributed by atoms with Crippen LogP contribution in [0.2, 0.25) is 0 Å². The molecule has 0 fully saturated rings. The number of aliphatic hydroxyl groups is 1. The molecular weight excluding hydrogens is 292 g/mol. The van der Waals surface area contributed by atoms with Crippen molar-refractivity contribution in [3.05, 3.63) is 27.2 Å². The van der Waals surface area contributed by atoms with E-state index < -0.39 is 6.10 Å². The molecule has 0 aromatic heterocycles. The second-order valence-corrected chi connectivity index (χ2v) is 5.61. The molecule has 1 aromatic rings. The molecule has 1 atom stereocenters. The van der Waals surface area contributed by atoms with Gasteiger partial charge in [0, 0.05) is 10.0 Å². The number of unbranched alkanes of at least 4 members (excludes halogenated alkanes) is 2. The van der Waals surface area contributed by atoms with Gasteiger partial charge in [-0.25, -0.2) is 0 Å². The average Bonchev–Trinajstić information content (AvgIpc) is 2.33. The molecule has 2 nitrogen and oxygen atoms in total. The van der Waals surface area contributed by atoms with Gasteiger partial charge in [-0.1, -0.05) is 42.1 Å². The summed E-state index contributed by atoms with van der Waals surface area (Å²) in [7, 11) is 1.66. The van der Waals surface area contributed by atoms with E-state index >= 15 is 0 Å². The van der Waals surface area contributed by atoms with Gasteiger partial charge in [-0.3, -0.25) is 0 Å². The van der Waals surface area contributed by atoms with Crippen LogP contribution in [-0.4, -0.2) is 12.2 Å². The van der Waals surface area contributed by atoms with E-state index in [9.17, 15) is 5.11 Å². The molecule has 1 N–H and O–H groups in total. The lowest BCUT2D eigenvalue weighted by molar-refractivity contribution is 0.158. The number of benzene rings is 1. The van der Waals surface area contributed by atoms with Crippen molar-refractivity contribution in [2.24, 2.45) is 0 Å². The Morgan fingerprint density at radius 1 is 1.33 bits per heavy atom. The number of hydrogen-bond donors (Lipinski definition) is 1. The van der Waals surface area contributed by atoms with E-state index in [2.05, 4.69) is 22.9 Å². The van der Waals surface area contributed by atoms with Crippen LogP contribution in [-0.2, 0) is 0 Å². The number of ether oxygens (including phenoxy) is 1. The Hall–Kier alpha value is -0.540. The zero-order valence-corrected chi connectivity index (χ0v) is 13.3. The summed E-state index contributed by atoms with van der Waals surface area (Å²) in [5, 5.41) is 10.4. The first-order valence-electron chi connectivity index (χ1n) is 6.54. The zero-order valence-electron chi connectivity index (χ0n) is 11.7. The minimum absolute atomic E-state index is 0.442. The fourth-order valence-corrected chi connectivity index (χ4v) is 2.84.